The van der Waals surface area contributed by atoms with E-state index < -0.39 is 0 Å². The standard InChI is InChI=1S/C36H30N2OS.C23H22N2S.C13H10O2/c1-36(2,3)28-21-30(25-14-8-5-9-15-25)34-33(22-28)40-35(38-34)29-16-10-11-17-31(29)37-23-27-20-26(18-19-32(27)39)24-12-6-4-7-13-24;1-23(2,3)16-13-18(15-9-5-4-6-10-15)21-20(14-16)26-22(25-21)17-11-7-8-12-19(17)24;14-9-12-8-11(6-7-13(12)15)10-4-2-1-3-5-10/h4-23,39H,1-3H3;4-14H,24H2,1-3H3;1-9,15H. The van der Waals surface area contributed by atoms with Gasteiger partial charge in [-0.25, -0.2) is 9.97 Å². The molecule has 0 atom stereocenters. The Hall–Kier alpha value is -9.28. The molecular weight excluding hydrogens is 1030 g/mol. The van der Waals surface area contributed by atoms with Crippen LogP contribution in [0.1, 0.15) is 68.6 Å². The first-order chi connectivity index (χ1) is 39.1. The summed E-state index contributed by atoms with van der Waals surface area (Å²) >= 11 is 3.41. The second-order valence-corrected chi connectivity index (χ2v) is 23.8. The molecule has 0 radical (unpaired) electrons. The van der Waals surface area contributed by atoms with E-state index in [1.165, 1.54) is 33.0 Å². The Morgan fingerprint density at radius 1 is 0.420 bits per heavy atom. The van der Waals surface area contributed by atoms with Crippen molar-refractivity contribution >= 4 is 67.0 Å². The molecule has 2 heterocycles. The number of nitrogens with zero attached hydrogens (tertiary/aromatic N) is 3. The van der Waals surface area contributed by atoms with Gasteiger partial charge in [0.2, 0.25) is 0 Å². The maximum absolute atomic E-state index is 10.7. The lowest BCUT2D eigenvalue weighted by Crippen LogP contribution is -2.11. The van der Waals surface area contributed by atoms with E-state index in [-0.39, 0.29) is 22.3 Å². The number of anilines is 1. The number of aliphatic imine (C=N–C) groups is 1. The third kappa shape index (κ3) is 12.8. The Morgan fingerprint density at radius 3 is 1.27 bits per heavy atom. The number of aldehydes is 1. The van der Waals surface area contributed by atoms with Gasteiger partial charge in [-0.1, -0.05) is 199 Å². The van der Waals surface area contributed by atoms with Crippen molar-refractivity contribution < 1.29 is 15.0 Å². The zero-order valence-electron chi connectivity index (χ0n) is 46.1. The summed E-state index contributed by atoms with van der Waals surface area (Å²) in [7, 11) is 0. The van der Waals surface area contributed by atoms with Crippen LogP contribution in [0.2, 0.25) is 0 Å². The summed E-state index contributed by atoms with van der Waals surface area (Å²) in [6.45, 7) is 13.5. The first-order valence-electron chi connectivity index (χ1n) is 26.8. The summed E-state index contributed by atoms with van der Waals surface area (Å²) < 4.78 is 2.36. The van der Waals surface area contributed by atoms with Crippen LogP contribution in [0.4, 0.5) is 11.4 Å². The van der Waals surface area contributed by atoms with Crippen LogP contribution in [0.25, 0.3) is 86.1 Å². The number of aromatic hydroxyl groups is 2. The number of para-hydroxylation sites is 2. The average molecular weight is 1100 g/mol. The number of carbonyl (C=O) groups is 1. The normalized spacial score (nSPS) is 11.5. The van der Waals surface area contributed by atoms with E-state index in [1.54, 1.807) is 47.1 Å². The van der Waals surface area contributed by atoms with E-state index in [4.69, 9.17) is 20.7 Å². The van der Waals surface area contributed by atoms with Crippen LogP contribution in [0.5, 0.6) is 11.5 Å². The number of thiazole rings is 2. The molecule has 81 heavy (non-hydrogen) atoms. The highest BCUT2D eigenvalue weighted by molar-refractivity contribution is 7.22. The second-order valence-electron chi connectivity index (χ2n) is 21.8. The maximum atomic E-state index is 10.7. The van der Waals surface area contributed by atoms with Gasteiger partial charge >= 0.3 is 0 Å². The predicted octanol–water partition coefficient (Wildman–Crippen LogP) is 19.4. The van der Waals surface area contributed by atoms with Gasteiger partial charge in [-0.2, -0.15) is 0 Å². The molecule has 0 fully saturated rings. The van der Waals surface area contributed by atoms with Gasteiger partial charge < -0.3 is 15.9 Å². The van der Waals surface area contributed by atoms with Crippen LogP contribution >= 0.6 is 22.7 Å². The predicted molar refractivity (Wildman–Crippen MR) is 343 cm³/mol. The Bertz CT molecular complexity index is 4180. The third-order valence-corrected chi connectivity index (χ3v) is 16.0. The number of benzene rings is 10. The van der Waals surface area contributed by atoms with Gasteiger partial charge in [-0.3, -0.25) is 9.79 Å². The minimum absolute atomic E-state index is 0.0142. The molecular formula is C72H62N4O3S2. The summed E-state index contributed by atoms with van der Waals surface area (Å²) in [5, 5.41) is 21.8. The van der Waals surface area contributed by atoms with Gasteiger partial charge in [-0.05, 0) is 128 Å². The summed E-state index contributed by atoms with van der Waals surface area (Å²) in [6.07, 6.45) is 2.39. The molecule has 0 amide bonds. The Balaban J connectivity index is 0.000000153. The lowest BCUT2D eigenvalue weighted by molar-refractivity contribution is 0.112. The van der Waals surface area contributed by atoms with Crippen LogP contribution in [0.15, 0.2) is 236 Å². The molecule has 12 aromatic rings. The number of rotatable bonds is 9. The summed E-state index contributed by atoms with van der Waals surface area (Å²) in [6, 6.07) is 76.6. The van der Waals surface area contributed by atoms with Crippen molar-refractivity contribution in [1.29, 1.82) is 0 Å². The fourth-order valence-corrected chi connectivity index (χ4v) is 11.5. The lowest BCUT2D eigenvalue weighted by atomic mass is 9.85. The molecule has 4 N–H and O–H groups in total. The van der Waals surface area contributed by atoms with Gasteiger partial charge in [0.1, 0.15) is 21.5 Å². The summed E-state index contributed by atoms with van der Waals surface area (Å²) in [5.74, 6) is 0.216. The number of hydrogen-bond donors (Lipinski definition) is 3. The van der Waals surface area contributed by atoms with Crippen molar-refractivity contribution in [3.63, 3.8) is 0 Å². The quantitative estimate of drug-likeness (QED) is 0.0752. The minimum atomic E-state index is 0.0142. The zero-order valence-corrected chi connectivity index (χ0v) is 47.8. The number of nitrogens with two attached hydrogens (primary N) is 1. The molecule has 10 aromatic carbocycles. The second kappa shape index (κ2) is 24.0. The van der Waals surface area contributed by atoms with Crippen LogP contribution in [-0.2, 0) is 10.8 Å². The van der Waals surface area contributed by atoms with E-state index in [0.717, 1.165) is 81.6 Å². The number of nitrogen functional groups attached to an aromatic ring is 1. The molecule has 0 saturated heterocycles. The maximum Gasteiger partial charge on any atom is 0.153 e. The fourth-order valence-electron chi connectivity index (χ4n) is 9.36. The molecule has 0 saturated carbocycles. The molecule has 0 bridgehead atoms. The van der Waals surface area contributed by atoms with Gasteiger partial charge in [0.05, 0.1) is 31.7 Å². The summed E-state index contributed by atoms with van der Waals surface area (Å²) in [4.78, 5) is 25.6. The SMILES string of the molecule is CC(C)(C)c1cc(-c2ccccc2)c2nc(-c3ccccc3N)sc2c1.CC(C)(C)c1cc(-c2ccccc2)c2nc(-c3ccccc3N=Cc3cc(-c4ccccc4)ccc3O)sc2c1.O=Cc1cc(-c2ccccc2)ccc1O. The van der Waals surface area contributed by atoms with E-state index >= 15 is 0 Å². The van der Waals surface area contributed by atoms with E-state index in [1.807, 2.05) is 115 Å². The average Bonchev–Trinajstić information content (AvgIpc) is 4.27. The minimum Gasteiger partial charge on any atom is -0.507 e. The molecule has 0 spiro atoms. The van der Waals surface area contributed by atoms with Gasteiger partial charge in [0.25, 0.3) is 0 Å². The van der Waals surface area contributed by atoms with Crippen molar-refractivity contribution in [1.82, 2.24) is 9.97 Å². The Morgan fingerprint density at radius 2 is 0.815 bits per heavy atom. The van der Waals surface area contributed by atoms with Crippen LogP contribution in [0.3, 0.4) is 0 Å². The smallest absolute Gasteiger partial charge is 0.153 e. The Labute approximate surface area is 482 Å². The number of phenols is 2. The van der Waals surface area contributed by atoms with E-state index in [0.29, 0.717) is 17.4 Å². The largest absolute Gasteiger partial charge is 0.507 e. The van der Waals surface area contributed by atoms with Crippen molar-refractivity contribution in [2.24, 2.45) is 4.99 Å². The lowest BCUT2D eigenvalue weighted by Gasteiger charge is -2.20. The van der Waals surface area contributed by atoms with E-state index in [2.05, 4.69) is 133 Å². The van der Waals surface area contributed by atoms with Crippen molar-refractivity contribution in [2.45, 2.75) is 52.4 Å². The molecule has 0 aliphatic heterocycles. The number of fused-ring (bicyclic) bond motifs is 2. The van der Waals surface area contributed by atoms with E-state index in [9.17, 15) is 15.0 Å². The zero-order chi connectivity index (χ0) is 56.7. The molecule has 0 aliphatic rings. The number of carbonyl (C=O) groups excluding carboxylic acids is 1. The first kappa shape index (κ1) is 55.1. The van der Waals surface area contributed by atoms with Gasteiger partial charge in [0.15, 0.2) is 6.29 Å². The molecule has 9 heteroatoms. The van der Waals surface area contributed by atoms with Crippen LogP contribution in [0, 0.1) is 0 Å². The Kier molecular flexibility index (Phi) is 16.3. The molecule has 0 unspecified atom stereocenters. The number of hydrogen-bond acceptors (Lipinski definition) is 9. The molecule has 0 aliphatic carbocycles. The highest BCUT2D eigenvalue weighted by Gasteiger charge is 2.22. The van der Waals surface area contributed by atoms with Crippen LogP contribution < -0.4 is 5.73 Å². The highest BCUT2D eigenvalue weighted by Crippen LogP contribution is 2.43. The van der Waals surface area contributed by atoms with Crippen LogP contribution in [-0.4, -0.2) is 32.7 Å². The molecule has 2 aromatic heterocycles. The summed E-state index contributed by atoms with van der Waals surface area (Å²) in [5.41, 5.74) is 24.2. The number of phenolic OH excluding ortho intramolecular Hbond substituents is 2. The first-order valence-corrected chi connectivity index (χ1v) is 28.5. The van der Waals surface area contributed by atoms with Crippen molar-refractivity contribution in [3.8, 4) is 77.1 Å². The third-order valence-electron chi connectivity index (χ3n) is 14.0. The highest BCUT2D eigenvalue weighted by atomic mass is 32.1. The van der Waals surface area contributed by atoms with Gasteiger partial charge in [0, 0.05) is 39.7 Å². The molecule has 12 rings (SSSR count). The molecule has 7 nitrogen and oxygen atoms in total. The topological polar surface area (TPSA) is 122 Å². The monoisotopic (exact) mass is 1090 g/mol. The fraction of sp³-hybridized carbons (Fsp3) is 0.111. The van der Waals surface area contributed by atoms with Crippen molar-refractivity contribution in [3.05, 3.63) is 253 Å². The number of aromatic nitrogens is 2. The van der Waals surface area contributed by atoms with Crippen molar-refractivity contribution in [2.75, 3.05) is 5.73 Å². The van der Waals surface area contributed by atoms with Gasteiger partial charge in [-0.15, -0.1) is 22.7 Å². The molecule has 400 valence electrons.